The average Bonchev–Trinajstić information content (AvgIpc) is 2.74. The van der Waals surface area contributed by atoms with E-state index in [0.29, 0.717) is 12.2 Å². The lowest BCUT2D eigenvalue weighted by molar-refractivity contribution is -0.137. The second-order valence-electron chi connectivity index (χ2n) is 3.86. The van der Waals surface area contributed by atoms with Crippen LogP contribution in [-0.4, -0.2) is 21.3 Å². The molecule has 0 bridgehead atoms. The molecule has 0 saturated carbocycles. The van der Waals surface area contributed by atoms with Crippen molar-refractivity contribution in [3.05, 3.63) is 36.3 Å². The second-order valence-corrected chi connectivity index (χ2v) is 3.86. The van der Waals surface area contributed by atoms with Gasteiger partial charge < -0.3 is 11.1 Å². The molecule has 0 amide bonds. The molecular formula is C11H12F3N5. The predicted octanol–water partition coefficient (Wildman–Crippen LogP) is 1.99. The van der Waals surface area contributed by atoms with Crippen LogP contribution in [0.25, 0.3) is 0 Å². The van der Waals surface area contributed by atoms with Gasteiger partial charge in [0.15, 0.2) is 0 Å². The fourth-order valence-electron chi connectivity index (χ4n) is 1.57. The molecule has 0 saturated heterocycles. The van der Waals surface area contributed by atoms with Crippen molar-refractivity contribution in [2.24, 2.45) is 0 Å². The third-order valence-electron chi connectivity index (χ3n) is 2.40. The fraction of sp³-hybridized carbons (Fsp3) is 0.273. The number of rotatable bonds is 4. The van der Waals surface area contributed by atoms with Gasteiger partial charge in [0, 0.05) is 18.9 Å². The van der Waals surface area contributed by atoms with Crippen LogP contribution in [0, 0.1) is 0 Å². The summed E-state index contributed by atoms with van der Waals surface area (Å²) in [6, 6.07) is 2.24. The third-order valence-corrected chi connectivity index (χ3v) is 2.40. The first-order valence-electron chi connectivity index (χ1n) is 5.51. The van der Waals surface area contributed by atoms with Crippen LogP contribution in [0.3, 0.4) is 0 Å². The molecule has 0 unspecified atom stereocenters. The summed E-state index contributed by atoms with van der Waals surface area (Å²) in [4.78, 5) is 3.70. The van der Waals surface area contributed by atoms with Gasteiger partial charge in [-0.05, 0) is 12.1 Å². The van der Waals surface area contributed by atoms with E-state index in [1.807, 2.05) is 0 Å². The maximum absolute atomic E-state index is 12.7. The van der Waals surface area contributed by atoms with Crippen LogP contribution in [0.15, 0.2) is 30.7 Å². The SMILES string of the molecule is Nc1cnn(CCNc2ncccc2C(F)(F)F)c1. The van der Waals surface area contributed by atoms with Crippen molar-refractivity contribution in [3.63, 3.8) is 0 Å². The van der Waals surface area contributed by atoms with Crippen molar-refractivity contribution in [1.82, 2.24) is 14.8 Å². The van der Waals surface area contributed by atoms with E-state index in [1.54, 1.807) is 10.9 Å². The average molecular weight is 271 g/mol. The minimum atomic E-state index is -4.42. The van der Waals surface area contributed by atoms with Crippen molar-refractivity contribution in [2.75, 3.05) is 17.6 Å². The first-order chi connectivity index (χ1) is 8.97. The molecule has 2 aromatic rings. The van der Waals surface area contributed by atoms with Crippen molar-refractivity contribution in [2.45, 2.75) is 12.7 Å². The molecule has 0 fully saturated rings. The van der Waals surface area contributed by atoms with Crippen LogP contribution in [0.5, 0.6) is 0 Å². The summed E-state index contributed by atoms with van der Waals surface area (Å²) in [6.45, 7) is 0.659. The Labute approximate surface area is 107 Å². The Hall–Kier alpha value is -2.25. The number of pyridine rings is 1. The highest BCUT2D eigenvalue weighted by atomic mass is 19.4. The van der Waals surface area contributed by atoms with Crippen LogP contribution >= 0.6 is 0 Å². The number of alkyl halides is 3. The van der Waals surface area contributed by atoms with Gasteiger partial charge in [-0.2, -0.15) is 18.3 Å². The number of hydrogen-bond donors (Lipinski definition) is 2. The lowest BCUT2D eigenvalue weighted by Gasteiger charge is -2.12. The Morgan fingerprint density at radius 1 is 1.37 bits per heavy atom. The minimum Gasteiger partial charge on any atom is -0.396 e. The smallest absolute Gasteiger partial charge is 0.396 e. The van der Waals surface area contributed by atoms with E-state index < -0.39 is 11.7 Å². The van der Waals surface area contributed by atoms with Crippen LogP contribution in [0.2, 0.25) is 0 Å². The zero-order valence-corrected chi connectivity index (χ0v) is 9.85. The molecular weight excluding hydrogens is 259 g/mol. The monoisotopic (exact) mass is 271 g/mol. The van der Waals surface area contributed by atoms with E-state index in [9.17, 15) is 13.2 Å². The van der Waals surface area contributed by atoms with E-state index in [1.165, 1.54) is 18.5 Å². The highest BCUT2D eigenvalue weighted by molar-refractivity contribution is 5.45. The first-order valence-corrected chi connectivity index (χ1v) is 5.51. The van der Waals surface area contributed by atoms with Gasteiger partial charge in [-0.25, -0.2) is 4.98 Å². The van der Waals surface area contributed by atoms with Gasteiger partial charge in [0.05, 0.1) is 24.0 Å². The molecule has 2 aromatic heterocycles. The largest absolute Gasteiger partial charge is 0.419 e. The number of aromatic nitrogens is 3. The van der Waals surface area contributed by atoms with Crippen LogP contribution in [0.4, 0.5) is 24.7 Å². The van der Waals surface area contributed by atoms with E-state index in [0.717, 1.165) is 6.07 Å². The maximum Gasteiger partial charge on any atom is 0.419 e. The Morgan fingerprint density at radius 3 is 2.79 bits per heavy atom. The summed E-state index contributed by atoms with van der Waals surface area (Å²) in [6.07, 6.45) is -0.0388. The molecule has 0 aromatic carbocycles. The quantitative estimate of drug-likeness (QED) is 0.892. The number of nitrogen functional groups attached to an aromatic ring is 1. The van der Waals surface area contributed by atoms with Gasteiger partial charge in [-0.15, -0.1) is 0 Å². The van der Waals surface area contributed by atoms with Gasteiger partial charge in [-0.3, -0.25) is 4.68 Å². The molecule has 102 valence electrons. The number of nitrogens with zero attached hydrogens (tertiary/aromatic N) is 3. The standard InChI is InChI=1S/C11H12F3N5/c12-11(13,14)9-2-1-3-16-10(9)17-4-5-19-7-8(15)6-18-19/h1-3,6-7H,4-5,15H2,(H,16,17). The van der Waals surface area contributed by atoms with Crippen LogP contribution < -0.4 is 11.1 Å². The topological polar surface area (TPSA) is 68.8 Å². The highest BCUT2D eigenvalue weighted by Crippen LogP contribution is 2.33. The Balaban J connectivity index is 2.00. The lowest BCUT2D eigenvalue weighted by Crippen LogP contribution is -2.16. The predicted molar refractivity (Wildman–Crippen MR) is 64.4 cm³/mol. The molecule has 0 spiro atoms. The summed E-state index contributed by atoms with van der Waals surface area (Å²) < 4.78 is 39.6. The van der Waals surface area contributed by atoms with Crippen LogP contribution in [0.1, 0.15) is 5.56 Å². The molecule has 2 rings (SSSR count). The molecule has 5 nitrogen and oxygen atoms in total. The molecule has 19 heavy (non-hydrogen) atoms. The van der Waals surface area contributed by atoms with E-state index in [2.05, 4.69) is 15.4 Å². The molecule has 3 N–H and O–H groups in total. The fourth-order valence-corrected chi connectivity index (χ4v) is 1.57. The highest BCUT2D eigenvalue weighted by Gasteiger charge is 2.33. The molecule has 0 radical (unpaired) electrons. The Morgan fingerprint density at radius 2 is 2.16 bits per heavy atom. The third kappa shape index (κ3) is 3.36. The summed E-state index contributed by atoms with van der Waals surface area (Å²) in [5.74, 6) is -0.185. The lowest BCUT2D eigenvalue weighted by atomic mass is 10.2. The van der Waals surface area contributed by atoms with E-state index in [-0.39, 0.29) is 12.4 Å². The number of nitrogens with two attached hydrogens (primary N) is 1. The van der Waals surface area contributed by atoms with Gasteiger partial charge in [0.2, 0.25) is 0 Å². The van der Waals surface area contributed by atoms with Gasteiger partial charge >= 0.3 is 6.18 Å². The molecule has 2 heterocycles. The molecule has 0 aliphatic heterocycles. The second kappa shape index (κ2) is 5.17. The van der Waals surface area contributed by atoms with Crippen molar-refractivity contribution in [1.29, 1.82) is 0 Å². The van der Waals surface area contributed by atoms with E-state index >= 15 is 0 Å². The molecule has 8 heteroatoms. The number of anilines is 2. The summed E-state index contributed by atoms with van der Waals surface area (Å²) in [5.41, 5.74) is 5.20. The minimum absolute atomic E-state index is 0.185. The summed E-state index contributed by atoms with van der Waals surface area (Å²) >= 11 is 0. The van der Waals surface area contributed by atoms with Crippen molar-refractivity contribution < 1.29 is 13.2 Å². The number of hydrogen-bond acceptors (Lipinski definition) is 4. The van der Waals surface area contributed by atoms with E-state index in [4.69, 9.17) is 5.73 Å². The zero-order valence-electron chi connectivity index (χ0n) is 9.85. The van der Waals surface area contributed by atoms with Gasteiger partial charge in [0.25, 0.3) is 0 Å². The summed E-state index contributed by atoms with van der Waals surface area (Å²) in [7, 11) is 0. The molecule has 0 aliphatic carbocycles. The Kier molecular flexibility index (Phi) is 3.59. The summed E-state index contributed by atoms with van der Waals surface area (Å²) in [5, 5.41) is 6.57. The van der Waals surface area contributed by atoms with Crippen molar-refractivity contribution >= 4 is 11.5 Å². The van der Waals surface area contributed by atoms with Crippen LogP contribution in [-0.2, 0) is 12.7 Å². The molecule has 0 aliphatic rings. The Bertz CT molecular complexity index is 549. The molecule has 0 atom stereocenters. The normalized spacial score (nSPS) is 11.5. The van der Waals surface area contributed by atoms with Gasteiger partial charge in [-0.1, -0.05) is 0 Å². The zero-order chi connectivity index (χ0) is 13.9. The van der Waals surface area contributed by atoms with Gasteiger partial charge in [0.1, 0.15) is 5.82 Å². The first kappa shape index (κ1) is 13.2. The number of nitrogens with one attached hydrogen (secondary N) is 1. The van der Waals surface area contributed by atoms with Crippen molar-refractivity contribution in [3.8, 4) is 0 Å². The maximum atomic E-state index is 12.7. The number of halogens is 3.